The molecule has 8 heteroatoms. The predicted molar refractivity (Wildman–Crippen MR) is 86.9 cm³/mol. The van der Waals surface area contributed by atoms with Gasteiger partial charge in [-0.2, -0.15) is 0 Å². The minimum absolute atomic E-state index is 0.105. The SMILES string of the molecule is CC1(C)C[C@@H]2C[C@@](C)(CN2C(=O)COC(=O)c2ccc([N+](=O)[O-])o2)C1. The fourth-order valence-corrected chi connectivity index (χ4v) is 4.57. The summed E-state index contributed by atoms with van der Waals surface area (Å²) in [6.07, 6.45) is 2.98. The molecule has 1 saturated carbocycles. The summed E-state index contributed by atoms with van der Waals surface area (Å²) in [5, 5.41) is 10.6. The van der Waals surface area contributed by atoms with Gasteiger partial charge in [-0.1, -0.05) is 20.8 Å². The molecule has 2 atom stereocenters. The summed E-state index contributed by atoms with van der Waals surface area (Å²) >= 11 is 0. The molecule has 1 aliphatic carbocycles. The maximum atomic E-state index is 12.5. The van der Waals surface area contributed by atoms with Gasteiger partial charge in [0, 0.05) is 12.6 Å². The van der Waals surface area contributed by atoms with E-state index < -0.39 is 16.8 Å². The van der Waals surface area contributed by atoms with E-state index >= 15 is 0 Å². The zero-order valence-corrected chi connectivity index (χ0v) is 14.6. The number of hydrogen-bond acceptors (Lipinski definition) is 6. The van der Waals surface area contributed by atoms with Gasteiger partial charge in [0.15, 0.2) is 6.61 Å². The maximum absolute atomic E-state index is 12.5. The molecule has 2 heterocycles. The number of carbonyl (C=O) groups is 2. The predicted octanol–water partition coefficient (Wildman–Crippen LogP) is 2.77. The Labute approximate surface area is 145 Å². The Morgan fingerprint density at radius 1 is 1.36 bits per heavy atom. The van der Waals surface area contributed by atoms with E-state index in [2.05, 4.69) is 20.8 Å². The van der Waals surface area contributed by atoms with Gasteiger partial charge in [-0.25, -0.2) is 4.79 Å². The second kappa shape index (κ2) is 5.86. The van der Waals surface area contributed by atoms with Gasteiger partial charge < -0.3 is 14.1 Å². The molecule has 0 spiro atoms. The summed E-state index contributed by atoms with van der Waals surface area (Å²) in [4.78, 5) is 36.0. The van der Waals surface area contributed by atoms with Crippen LogP contribution in [0.3, 0.4) is 0 Å². The van der Waals surface area contributed by atoms with Crippen LogP contribution in [0, 0.1) is 20.9 Å². The minimum atomic E-state index is -0.879. The number of fused-ring (bicyclic) bond motifs is 2. The van der Waals surface area contributed by atoms with Crippen molar-refractivity contribution < 1.29 is 23.7 Å². The van der Waals surface area contributed by atoms with Crippen LogP contribution in [-0.4, -0.2) is 40.9 Å². The van der Waals surface area contributed by atoms with E-state index in [-0.39, 0.29) is 35.1 Å². The van der Waals surface area contributed by atoms with Crippen molar-refractivity contribution in [1.29, 1.82) is 0 Å². The zero-order valence-electron chi connectivity index (χ0n) is 14.6. The second-order valence-electron chi connectivity index (χ2n) is 8.21. The van der Waals surface area contributed by atoms with Crippen LogP contribution in [0.2, 0.25) is 0 Å². The third-order valence-corrected chi connectivity index (χ3v) is 5.03. The second-order valence-corrected chi connectivity index (χ2v) is 8.21. The third-order valence-electron chi connectivity index (χ3n) is 5.03. The minimum Gasteiger partial charge on any atom is -0.450 e. The molecule has 0 unspecified atom stereocenters. The molecule has 0 radical (unpaired) electrons. The summed E-state index contributed by atoms with van der Waals surface area (Å²) in [6, 6.07) is 2.41. The van der Waals surface area contributed by atoms with Gasteiger partial charge in [0.05, 0.1) is 6.07 Å². The van der Waals surface area contributed by atoms with Gasteiger partial charge in [0.1, 0.15) is 4.92 Å². The first kappa shape index (κ1) is 17.4. The first-order valence-electron chi connectivity index (χ1n) is 8.29. The number of hydrogen-bond donors (Lipinski definition) is 0. The van der Waals surface area contributed by atoms with Crippen molar-refractivity contribution >= 4 is 17.8 Å². The highest BCUT2D eigenvalue weighted by Crippen LogP contribution is 2.52. The largest absolute Gasteiger partial charge is 0.450 e. The Bertz CT molecular complexity index is 724. The number of rotatable bonds is 4. The van der Waals surface area contributed by atoms with Crippen molar-refractivity contribution in [3.63, 3.8) is 0 Å². The van der Waals surface area contributed by atoms with Crippen LogP contribution in [-0.2, 0) is 9.53 Å². The van der Waals surface area contributed by atoms with E-state index in [1.54, 1.807) is 0 Å². The number of ether oxygens (including phenoxy) is 1. The summed E-state index contributed by atoms with van der Waals surface area (Å²) < 4.78 is 9.76. The van der Waals surface area contributed by atoms with E-state index in [9.17, 15) is 19.7 Å². The Morgan fingerprint density at radius 2 is 2.08 bits per heavy atom. The molecule has 0 N–H and O–H groups in total. The molecule has 8 nitrogen and oxygen atoms in total. The fourth-order valence-electron chi connectivity index (χ4n) is 4.57. The topological polar surface area (TPSA) is 103 Å². The highest BCUT2D eigenvalue weighted by atomic mass is 16.7. The van der Waals surface area contributed by atoms with Crippen molar-refractivity contribution in [2.24, 2.45) is 10.8 Å². The van der Waals surface area contributed by atoms with E-state index in [1.807, 2.05) is 4.90 Å². The van der Waals surface area contributed by atoms with Gasteiger partial charge in [0.2, 0.25) is 5.76 Å². The highest BCUT2D eigenvalue weighted by Gasteiger charge is 2.50. The van der Waals surface area contributed by atoms with Crippen LogP contribution in [0.1, 0.15) is 50.6 Å². The molecular formula is C17H22N2O6. The lowest BCUT2D eigenvalue weighted by molar-refractivity contribution is -0.402. The summed E-state index contributed by atoms with van der Waals surface area (Å²) in [5.74, 6) is -1.94. The van der Waals surface area contributed by atoms with Crippen molar-refractivity contribution in [3.8, 4) is 0 Å². The maximum Gasteiger partial charge on any atom is 0.433 e. The first-order chi connectivity index (χ1) is 11.6. The lowest BCUT2D eigenvalue weighted by atomic mass is 9.65. The highest BCUT2D eigenvalue weighted by molar-refractivity contribution is 5.89. The molecule has 136 valence electrons. The number of esters is 1. The van der Waals surface area contributed by atoms with Crippen LogP contribution in [0.5, 0.6) is 0 Å². The summed E-state index contributed by atoms with van der Waals surface area (Å²) in [5.41, 5.74) is 0.296. The Kier molecular flexibility index (Phi) is 4.09. The molecule has 1 aromatic rings. The molecule has 25 heavy (non-hydrogen) atoms. The normalized spacial score (nSPS) is 27.2. The molecule has 2 aliphatic rings. The molecule has 2 bridgehead atoms. The van der Waals surface area contributed by atoms with Gasteiger partial charge in [-0.05, 0) is 36.2 Å². The van der Waals surface area contributed by atoms with Crippen LogP contribution in [0.4, 0.5) is 5.88 Å². The Hall–Kier alpha value is -2.38. The molecule has 1 amide bonds. The monoisotopic (exact) mass is 350 g/mol. The van der Waals surface area contributed by atoms with Gasteiger partial charge in [-0.15, -0.1) is 0 Å². The van der Waals surface area contributed by atoms with Crippen LogP contribution in [0.15, 0.2) is 16.5 Å². The van der Waals surface area contributed by atoms with Gasteiger partial charge in [-0.3, -0.25) is 14.9 Å². The van der Waals surface area contributed by atoms with Crippen molar-refractivity contribution in [3.05, 3.63) is 28.0 Å². The van der Waals surface area contributed by atoms with E-state index in [4.69, 9.17) is 9.15 Å². The number of amides is 1. The summed E-state index contributed by atoms with van der Waals surface area (Å²) in [6.45, 7) is 6.91. The molecule has 1 aliphatic heterocycles. The van der Waals surface area contributed by atoms with Crippen molar-refractivity contribution in [1.82, 2.24) is 4.90 Å². The average molecular weight is 350 g/mol. The van der Waals surface area contributed by atoms with Crippen molar-refractivity contribution in [2.75, 3.05) is 13.2 Å². The molecule has 0 aromatic carbocycles. The number of furan rings is 1. The number of nitro groups is 1. The number of carbonyl (C=O) groups excluding carboxylic acids is 2. The smallest absolute Gasteiger partial charge is 0.433 e. The third kappa shape index (κ3) is 3.52. The zero-order chi connectivity index (χ0) is 18.4. The standard InChI is InChI=1S/C17H22N2O6/c1-16(2)6-11-7-17(3,9-16)10-18(11)13(20)8-24-15(21)12-4-5-14(25-12)19(22)23/h4-5,11H,6-10H2,1-3H3/t11-,17-/m1/s1. The molecule has 1 aromatic heterocycles. The van der Waals surface area contributed by atoms with Gasteiger partial charge in [0.25, 0.3) is 5.91 Å². The Morgan fingerprint density at radius 3 is 2.72 bits per heavy atom. The lowest BCUT2D eigenvalue weighted by Crippen LogP contribution is -2.39. The Balaban J connectivity index is 1.59. The van der Waals surface area contributed by atoms with E-state index in [0.29, 0.717) is 6.54 Å². The molecular weight excluding hydrogens is 328 g/mol. The molecule has 2 fully saturated rings. The number of nitrogens with zero attached hydrogens (tertiary/aromatic N) is 2. The van der Waals surface area contributed by atoms with Crippen LogP contribution < -0.4 is 0 Å². The summed E-state index contributed by atoms with van der Waals surface area (Å²) in [7, 11) is 0. The van der Waals surface area contributed by atoms with Gasteiger partial charge >= 0.3 is 11.9 Å². The van der Waals surface area contributed by atoms with E-state index in [0.717, 1.165) is 31.4 Å². The first-order valence-corrected chi connectivity index (χ1v) is 8.29. The average Bonchev–Trinajstić information content (AvgIpc) is 3.06. The van der Waals surface area contributed by atoms with Crippen molar-refractivity contribution in [2.45, 2.75) is 46.1 Å². The molecule has 3 rings (SSSR count). The lowest BCUT2D eigenvalue weighted by Gasteiger charge is -2.39. The van der Waals surface area contributed by atoms with Crippen LogP contribution >= 0.6 is 0 Å². The van der Waals surface area contributed by atoms with Crippen LogP contribution in [0.25, 0.3) is 0 Å². The van der Waals surface area contributed by atoms with E-state index in [1.165, 1.54) is 0 Å². The molecule has 1 saturated heterocycles. The number of likely N-dealkylation sites (tertiary alicyclic amines) is 1. The fraction of sp³-hybridized carbons (Fsp3) is 0.647. The quantitative estimate of drug-likeness (QED) is 0.470.